The van der Waals surface area contributed by atoms with E-state index >= 15 is 0 Å². The summed E-state index contributed by atoms with van der Waals surface area (Å²) in [7, 11) is 0. The summed E-state index contributed by atoms with van der Waals surface area (Å²) < 4.78 is 0. The molecule has 1 amide bonds. The summed E-state index contributed by atoms with van der Waals surface area (Å²) in [4.78, 5) is 17.9. The first-order chi connectivity index (χ1) is 14.5. The Hall–Kier alpha value is -3.01. The van der Waals surface area contributed by atoms with Gasteiger partial charge in [-0.2, -0.15) is 5.10 Å². The second kappa shape index (κ2) is 8.78. The fourth-order valence-corrected chi connectivity index (χ4v) is 4.07. The molecule has 1 N–H and O–H groups in total. The zero-order valence-electron chi connectivity index (χ0n) is 18.0. The van der Waals surface area contributed by atoms with Gasteiger partial charge in [0.05, 0.1) is 16.8 Å². The Morgan fingerprint density at radius 1 is 1.10 bits per heavy atom. The van der Waals surface area contributed by atoms with Gasteiger partial charge in [-0.05, 0) is 48.8 Å². The number of carbonyl (C=O) groups is 1. The van der Waals surface area contributed by atoms with E-state index in [4.69, 9.17) is 4.98 Å². The number of nitrogens with zero attached hydrogens (tertiary/aromatic N) is 2. The van der Waals surface area contributed by atoms with Crippen LogP contribution in [0.1, 0.15) is 68.3 Å². The second-order valence-corrected chi connectivity index (χ2v) is 8.54. The topological polar surface area (TPSA) is 54.4 Å². The Morgan fingerprint density at radius 2 is 1.87 bits per heavy atom. The van der Waals surface area contributed by atoms with E-state index in [9.17, 15) is 4.79 Å². The van der Waals surface area contributed by atoms with E-state index in [-0.39, 0.29) is 5.91 Å². The van der Waals surface area contributed by atoms with Crippen LogP contribution in [0.2, 0.25) is 0 Å². The number of benzene rings is 2. The minimum absolute atomic E-state index is 0.182. The lowest BCUT2D eigenvalue weighted by Crippen LogP contribution is -2.24. The van der Waals surface area contributed by atoms with Gasteiger partial charge < -0.3 is 0 Å². The van der Waals surface area contributed by atoms with Crippen LogP contribution in [0.4, 0.5) is 0 Å². The molecule has 1 unspecified atom stereocenters. The van der Waals surface area contributed by atoms with Gasteiger partial charge in [0.25, 0.3) is 5.91 Å². The van der Waals surface area contributed by atoms with Gasteiger partial charge in [-0.3, -0.25) is 4.79 Å². The smallest absolute Gasteiger partial charge is 0.267 e. The predicted octanol–water partition coefficient (Wildman–Crippen LogP) is 6.32. The zero-order chi connectivity index (χ0) is 21.1. The standard InChI is InChI=1S/C26H29N3O/c1-17(2)19-12-14-20(15-13-19)25-16-22(21-9-5-7-11-24(21)27-25)26(30)29-28-23-10-6-4-8-18(23)3/h5,7,9,11-18H,4,6,8,10H2,1-3H3,(H,29,30)/b28-23+. The van der Waals surface area contributed by atoms with Gasteiger partial charge in [-0.25, -0.2) is 10.4 Å². The van der Waals surface area contributed by atoms with E-state index in [0.717, 1.165) is 47.1 Å². The van der Waals surface area contributed by atoms with Gasteiger partial charge in [0, 0.05) is 16.7 Å². The summed E-state index contributed by atoms with van der Waals surface area (Å²) in [6.07, 6.45) is 4.49. The van der Waals surface area contributed by atoms with Crippen molar-refractivity contribution in [3.63, 3.8) is 0 Å². The number of aromatic nitrogens is 1. The molecule has 154 valence electrons. The molecule has 0 radical (unpaired) electrons. The van der Waals surface area contributed by atoms with Crippen molar-refractivity contribution in [2.75, 3.05) is 0 Å². The number of para-hydroxylation sites is 1. The highest BCUT2D eigenvalue weighted by Gasteiger charge is 2.18. The van der Waals surface area contributed by atoms with Gasteiger partial charge in [0.15, 0.2) is 0 Å². The van der Waals surface area contributed by atoms with Crippen LogP contribution in [0, 0.1) is 5.92 Å². The molecule has 1 aromatic heterocycles. The quantitative estimate of drug-likeness (QED) is 0.522. The number of fused-ring (bicyclic) bond motifs is 1. The average molecular weight is 400 g/mol. The third-order valence-electron chi connectivity index (χ3n) is 6.02. The Labute approximate surface area is 178 Å². The first-order valence-electron chi connectivity index (χ1n) is 10.9. The second-order valence-electron chi connectivity index (χ2n) is 8.54. The van der Waals surface area contributed by atoms with Gasteiger partial charge in [0.1, 0.15) is 0 Å². The summed E-state index contributed by atoms with van der Waals surface area (Å²) in [5.74, 6) is 0.730. The summed E-state index contributed by atoms with van der Waals surface area (Å²) >= 11 is 0. The maximum Gasteiger partial charge on any atom is 0.272 e. The van der Waals surface area contributed by atoms with E-state index in [0.29, 0.717) is 17.4 Å². The first kappa shape index (κ1) is 20.3. The number of rotatable bonds is 4. The minimum Gasteiger partial charge on any atom is -0.267 e. The number of hydrogen-bond acceptors (Lipinski definition) is 3. The SMILES string of the molecule is CC1CCCC/C1=N\NC(=O)c1cc(-c2ccc(C(C)C)cc2)nc2ccccc12. The largest absolute Gasteiger partial charge is 0.272 e. The number of hydrazone groups is 1. The van der Waals surface area contributed by atoms with Crippen LogP contribution < -0.4 is 5.43 Å². The maximum absolute atomic E-state index is 13.1. The highest BCUT2D eigenvalue weighted by molar-refractivity contribution is 6.07. The van der Waals surface area contributed by atoms with Crippen molar-refractivity contribution in [1.82, 2.24) is 10.4 Å². The molecule has 0 spiro atoms. The first-order valence-corrected chi connectivity index (χ1v) is 10.9. The van der Waals surface area contributed by atoms with Crippen molar-refractivity contribution in [2.24, 2.45) is 11.0 Å². The normalized spacial score (nSPS) is 18.1. The van der Waals surface area contributed by atoms with Crippen molar-refractivity contribution in [3.8, 4) is 11.3 Å². The van der Waals surface area contributed by atoms with E-state index in [2.05, 4.69) is 55.6 Å². The van der Waals surface area contributed by atoms with E-state index in [1.807, 2.05) is 30.3 Å². The highest BCUT2D eigenvalue weighted by Crippen LogP contribution is 2.27. The number of carbonyl (C=O) groups excluding carboxylic acids is 1. The van der Waals surface area contributed by atoms with Gasteiger partial charge in [-0.1, -0.05) is 69.7 Å². The molecular formula is C26H29N3O. The third kappa shape index (κ3) is 4.28. The van der Waals surface area contributed by atoms with E-state index in [1.165, 1.54) is 12.0 Å². The molecule has 1 atom stereocenters. The Morgan fingerprint density at radius 3 is 2.60 bits per heavy atom. The van der Waals surface area contributed by atoms with Gasteiger partial charge >= 0.3 is 0 Å². The molecule has 1 saturated carbocycles. The van der Waals surface area contributed by atoms with E-state index < -0.39 is 0 Å². The molecule has 1 aliphatic rings. The van der Waals surface area contributed by atoms with Gasteiger partial charge in [-0.15, -0.1) is 0 Å². The van der Waals surface area contributed by atoms with Crippen LogP contribution in [0.3, 0.4) is 0 Å². The lowest BCUT2D eigenvalue weighted by atomic mass is 9.89. The molecule has 1 fully saturated rings. The summed E-state index contributed by atoms with van der Waals surface area (Å²) in [5, 5.41) is 5.32. The van der Waals surface area contributed by atoms with Crippen LogP contribution in [-0.2, 0) is 0 Å². The lowest BCUT2D eigenvalue weighted by Gasteiger charge is -2.19. The fourth-order valence-electron chi connectivity index (χ4n) is 4.07. The van der Waals surface area contributed by atoms with Crippen molar-refractivity contribution in [3.05, 3.63) is 65.7 Å². The molecule has 0 bridgehead atoms. The highest BCUT2D eigenvalue weighted by atomic mass is 16.2. The molecule has 2 aromatic carbocycles. The average Bonchev–Trinajstić information content (AvgIpc) is 2.77. The van der Waals surface area contributed by atoms with Crippen LogP contribution >= 0.6 is 0 Å². The number of hydrogen-bond donors (Lipinski definition) is 1. The molecule has 3 aromatic rings. The number of amides is 1. The molecule has 0 aliphatic heterocycles. The Balaban J connectivity index is 1.69. The van der Waals surface area contributed by atoms with Crippen LogP contribution in [0.25, 0.3) is 22.2 Å². The van der Waals surface area contributed by atoms with E-state index in [1.54, 1.807) is 0 Å². The minimum atomic E-state index is -0.182. The lowest BCUT2D eigenvalue weighted by molar-refractivity contribution is 0.0956. The molecule has 1 aliphatic carbocycles. The monoisotopic (exact) mass is 399 g/mol. The molecule has 4 nitrogen and oxygen atoms in total. The predicted molar refractivity (Wildman–Crippen MR) is 124 cm³/mol. The molecule has 30 heavy (non-hydrogen) atoms. The van der Waals surface area contributed by atoms with Crippen molar-refractivity contribution in [1.29, 1.82) is 0 Å². The van der Waals surface area contributed by atoms with Crippen LogP contribution in [-0.4, -0.2) is 16.6 Å². The molecular weight excluding hydrogens is 370 g/mol. The van der Waals surface area contributed by atoms with Crippen molar-refractivity contribution < 1.29 is 4.79 Å². The van der Waals surface area contributed by atoms with Crippen LogP contribution in [0.5, 0.6) is 0 Å². The number of nitrogens with one attached hydrogen (secondary N) is 1. The Bertz CT molecular complexity index is 1080. The summed E-state index contributed by atoms with van der Waals surface area (Å²) in [5.41, 5.74) is 8.42. The molecule has 0 saturated heterocycles. The third-order valence-corrected chi connectivity index (χ3v) is 6.02. The Kier molecular flexibility index (Phi) is 5.93. The van der Waals surface area contributed by atoms with Crippen LogP contribution in [0.15, 0.2) is 59.7 Å². The fraction of sp³-hybridized carbons (Fsp3) is 0.346. The summed E-state index contributed by atoms with van der Waals surface area (Å²) in [6, 6.07) is 18.1. The molecule has 4 heteroatoms. The van der Waals surface area contributed by atoms with Crippen molar-refractivity contribution >= 4 is 22.5 Å². The zero-order valence-corrected chi connectivity index (χ0v) is 18.0. The number of pyridine rings is 1. The van der Waals surface area contributed by atoms with Gasteiger partial charge in [0.2, 0.25) is 0 Å². The maximum atomic E-state index is 13.1. The molecule has 4 rings (SSSR count). The van der Waals surface area contributed by atoms with Crippen molar-refractivity contribution in [2.45, 2.75) is 52.4 Å². The molecule has 1 heterocycles. The summed E-state index contributed by atoms with van der Waals surface area (Å²) in [6.45, 7) is 6.55.